The third-order valence-corrected chi connectivity index (χ3v) is 7.77. The van der Waals surface area contributed by atoms with Gasteiger partial charge in [0.05, 0.1) is 35.2 Å². The van der Waals surface area contributed by atoms with Crippen LogP contribution in [0.5, 0.6) is 5.75 Å². The minimum Gasteiger partial charge on any atom is -0.487 e. The number of carbonyl (C=O) groups excluding carboxylic acids is 1. The number of piperidine rings is 1. The van der Waals surface area contributed by atoms with E-state index in [1.54, 1.807) is 40.0 Å². The fraction of sp³-hybridized carbons (Fsp3) is 0.320. The van der Waals surface area contributed by atoms with Crippen molar-refractivity contribution in [2.75, 3.05) is 12.3 Å². The zero-order chi connectivity index (χ0) is 24.1. The maximum atomic E-state index is 13.8. The predicted octanol–water partition coefficient (Wildman–Crippen LogP) is 4.61. The number of rotatable bonds is 1. The molecule has 0 bridgehead atoms. The number of imidazole rings is 1. The Bertz CT molecular complexity index is 1540. The Morgan fingerprint density at radius 2 is 1.94 bits per heavy atom. The molecule has 7 rings (SSSR count). The van der Waals surface area contributed by atoms with E-state index < -0.39 is 17.8 Å². The summed E-state index contributed by atoms with van der Waals surface area (Å²) in [5, 5.41) is 0. The van der Waals surface area contributed by atoms with Gasteiger partial charge in [-0.15, -0.1) is 0 Å². The van der Waals surface area contributed by atoms with Crippen molar-refractivity contribution in [2.45, 2.75) is 37.6 Å². The summed E-state index contributed by atoms with van der Waals surface area (Å²) in [7, 11) is 0. The lowest BCUT2D eigenvalue weighted by molar-refractivity contribution is -0.137. The van der Waals surface area contributed by atoms with Crippen molar-refractivity contribution in [1.29, 1.82) is 0 Å². The molecule has 1 spiro atoms. The first-order valence-electron chi connectivity index (χ1n) is 11.5. The highest BCUT2D eigenvalue weighted by Gasteiger charge is 2.61. The Hall–Kier alpha value is -3.82. The highest BCUT2D eigenvalue weighted by atomic mass is 19.4. The molecule has 4 heterocycles. The molecule has 2 aliphatic heterocycles. The number of alkyl halides is 3. The van der Waals surface area contributed by atoms with Crippen LogP contribution in [0.25, 0.3) is 16.6 Å². The predicted molar refractivity (Wildman–Crippen MR) is 121 cm³/mol. The van der Waals surface area contributed by atoms with Crippen LogP contribution in [0, 0.1) is 5.41 Å². The number of benzene rings is 2. The van der Waals surface area contributed by atoms with Crippen LogP contribution in [0.3, 0.4) is 0 Å². The largest absolute Gasteiger partial charge is 0.487 e. The van der Waals surface area contributed by atoms with E-state index in [-0.39, 0.29) is 23.2 Å². The molecule has 2 N–H and O–H groups in total. The summed E-state index contributed by atoms with van der Waals surface area (Å²) in [5.74, 6) is 0.374. The first-order chi connectivity index (χ1) is 16.7. The Morgan fingerprint density at radius 3 is 2.71 bits per heavy atom. The highest BCUT2D eigenvalue weighted by molar-refractivity contribution is 5.98. The van der Waals surface area contributed by atoms with E-state index in [0.717, 1.165) is 31.4 Å². The van der Waals surface area contributed by atoms with Crippen LogP contribution < -0.4 is 10.5 Å². The van der Waals surface area contributed by atoms with Crippen LogP contribution in [0.15, 0.2) is 48.9 Å². The molecule has 1 saturated heterocycles. The summed E-state index contributed by atoms with van der Waals surface area (Å²) in [6.45, 7) is 0.516. The normalized spacial score (nSPS) is 22.3. The van der Waals surface area contributed by atoms with Crippen molar-refractivity contribution < 1.29 is 22.7 Å². The van der Waals surface area contributed by atoms with Gasteiger partial charge in [0.25, 0.3) is 5.91 Å². The van der Waals surface area contributed by atoms with Gasteiger partial charge >= 0.3 is 6.18 Å². The van der Waals surface area contributed by atoms with Gasteiger partial charge in [-0.05, 0) is 49.6 Å². The number of anilines is 1. The van der Waals surface area contributed by atoms with Crippen LogP contribution in [-0.4, -0.2) is 37.8 Å². The summed E-state index contributed by atoms with van der Waals surface area (Å²) < 4.78 is 47.9. The molecule has 2 aromatic heterocycles. The molecule has 2 aromatic carbocycles. The number of nitrogens with zero attached hydrogens (tertiary/aromatic N) is 4. The van der Waals surface area contributed by atoms with Crippen molar-refractivity contribution >= 4 is 28.3 Å². The smallest absolute Gasteiger partial charge is 0.416 e. The number of ether oxygens (including phenoxy) is 1. The molecule has 7 nitrogen and oxygen atoms in total. The van der Waals surface area contributed by atoms with Crippen molar-refractivity contribution in [3.05, 3.63) is 65.6 Å². The second kappa shape index (κ2) is 6.65. The van der Waals surface area contributed by atoms with Crippen LogP contribution in [0.2, 0.25) is 0 Å². The monoisotopic (exact) mass is 479 g/mol. The lowest BCUT2D eigenvalue weighted by atomic mass is 9.82. The molecule has 0 radical (unpaired) electrons. The Kier molecular flexibility index (Phi) is 3.90. The molecule has 3 aliphatic rings. The molecule has 0 unspecified atom stereocenters. The number of likely N-dealkylation sites (tertiary alicyclic amines) is 1. The Balaban J connectivity index is 1.31. The molecule has 2 fully saturated rings. The summed E-state index contributed by atoms with van der Waals surface area (Å²) in [5.41, 5.74) is 8.27. The third-order valence-electron chi connectivity index (χ3n) is 7.77. The number of aromatic nitrogens is 3. The molecule has 2 atom stereocenters. The maximum absolute atomic E-state index is 13.8. The third kappa shape index (κ3) is 2.88. The van der Waals surface area contributed by atoms with Crippen molar-refractivity contribution in [2.24, 2.45) is 5.41 Å². The van der Waals surface area contributed by atoms with E-state index in [4.69, 9.17) is 10.5 Å². The van der Waals surface area contributed by atoms with Gasteiger partial charge in [0.15, 0.2) is 0 Å². The number of halogens is 3. The van der Waals surface area contributed by atoms with Crippen molar-refractivity contribution in [3.8, 4) is 5.75 Å². The van der Waals surface area contributed by atoms with Crippen molar-refractivity contribution in [1.82, 2.24) is 19.3 Å². The second-order valence-corrected chi connectivity index (χ2v) is 9.69. The number of fused-ring (bicyclic) bond motifs is 7. The molecule has 10 heteroatoms. The lowest BCUT2D eigenvalue weighted by Gasteiger charge is -2.41. The zero-order valence-electron chi connectivity index (χ0n) is 18.4. The van der Waals surface area contributed by atoms with E-state index in [2.05, 4.69) is 9.97 Å². The second-order valence-electron chi connectivity index (χ2n) is 9.69. The summed E-state index contributed by atoms with van der Waals surface area (Å²) >= 11 is 0. The van der Waals surface area contributed by atoms with Crippen LogP contribution in [-0.2, 0) is 6.18 Å². The van der Waals surface area contributed by atoms with Gasteiger partial charge in [-0.3, -0.25) is 9.20 Å². The number of nitrogen functional groups attached to an aromatic ring is 1. The maximum Gasteiger partial charge on any atom is 0.416 e. The van der Waals surface area contributed by atoms with E-state index in [1.807, 2.05) is 0 Å². The SMILES string of the molecule is Nc1nc2ccc(C(=O)N3CCC4(CC4)[C@@H]4Oc5cc(C(F)(F)F)ccc5[C@@H]43)cc2n2cncc12. The van der Waals surface area contributed by atoms with E-state index in [0.29, 0.717) is 40.0 Å². The fourth-order valence-electron chi connectivity index (χ4n) is 5.73. The highest BCUT2D eigenvalue weighted by Crippen LogP contribution is 2.62. The molecule has 4 aromatic rings. The molecule has 1 aliphatic carbocycles. The molecular weight excluding hydrogens is 459 g/mol. The first kappa shape index (κ1) is 20.5. The number of hydrogen-bond acceptors (Lipinski definition) is 5. The minimum absolute atomic E-state index is 0.0767. The average Bonchev–Trinajstić information content (AvgIpc) is 3.26. The molecule has 35 heavy (non-hydrogen) atoms. The summed E-state index contributed by atoms with van der Waals surface area (Å²) in [6, 6.07) is 8.39. The van der Waals surface area contributed by atoms with E-state index in [9.17, 15) is 18.0 Å². The lowest BCUT2D eigenvalue weighted by Crippen LogP contribution is -2.49. The number of hydrogen-bond donors (Lipinski definition) is 1. The molecule has 1 saturated carbocycles. The fourth-order valence-corrected chi connectivity index (χ4v) is 5.73. The van der Waals surface area contributed by atoms with Crippen LogP contribution >= 0.6 is 0 Å². The number of nitrogens with two attached hydrogens (primary N) is 1. The van der Waals surface area contributed by atoms with Gasteiger partial charge in [-0.1, -0.05) is 6.07 Å². The van der Waals surface area contributed by atoms with Gasteiger partial charge < -0.3 is 15.4 Å². The molecule has 178 valence electrons. The standard InChI is InChI=1S/C25H20F3N5O2/c26-25(27,28)14-2-3-15-19(10-14)35-21-20(15)32(8-7-24(21)5-6-24)23(34)13-1-4-16-17(9-13)33-12-30-11-18(33)22(29)31-16/h1-4,9-12,20-21H,5-8H2,(H2,29,31)/t20-,21+/m0/s1. The number of carbonyl (C=O) groups is 1. The quantitative estimate of drug-likeness (QED) is 0.431. The van der Waals surface area contributed by atoms with E-state index in [1.165, 1.54) is 6.07 Å². The summed E-state index contributed by atoms with van der Waals surface area (Å²) in [6.07, 6.45) is 1.11. The first-order valence-corrected chi connectivity index (χ1v) is 11.5. The van der Waals surface area contributed by atoms with Gasteiger partial charge in [0, 0.05) is 23.1 Å². The van der Waals surface area contributed by atoms with Gasteiger partial charge in [0.2, 0.25) is 0 Å². The Morgan fingerprint density at radius 1 is 1.11 bits per heavy atom. The van der Waals surface area contributed by atoms with Gasteiger partial charge in [-0.2, -0.15) is 13.2 Å². The average molecular weight is 479 g/mol. The molecule has 1 amide bonds. The van der Waals surface area contributed by atoms with Gasteiger partial charge in [0.1, 0.15) is 23.2 Å². The van der Waals surface area contributed by atoms with Crippen molar-refractivity contribution in [3.63, 3.8) is 0 Å². The van der Waals surface area contributed by atoms with E-state index >= 15 is 0 Å². The molecular formula is C25H20F3N5O2. The topological polar surface area (TPSA) is 85.8 Å². The summed E-state index contributed by atoms with van der Waals surface area (Å²) in [4.78, 5) is 24.1. The number of amides is 1. The Labute approximate surface area is 197 Å². The van der Waals surface area contributed by atoms with Crippen LogP contribution in [0.1, 0.15) is 46.8 Å². The van der Waals surface area contributed by atoms with Crippen LogP contribution in [0.4, 0.5) is 19.0 Å². The zero-order valence-corrected chi connectivity index (χ0v) is 18.4. The minimum atomic E-state index is -4.46. The van der Waals surface area contributed by atoms with Gasteiger partial charge in [-0.25, -0.2) is 9.97 Å².